The van der Waals surface area contributed by atoms with Gasteiger partial charge in [-0.15, -0.1) is 11.8 Å². The highest BCUT2D eigenvalue weighted by Gasteiger charge is 2.29. The lowest BCUT2D eigenvalue weighted by Gasteiger charge is -2.10. The minimum absolute atomic E-state index is 0.230. The number of carbonyl (C=O) groups is 1. The first-order valence-electron chi connectivity index (χ1n) is 9.97. The van der Waals surface area contributed by atoms with Crippen LogP contribution in [0, 0.1) is 6.92 Å². The van der Waals surface area contributed by atoms with Gasteiger partial charge in [-0.3, -0.25) is 4.79 Å². The third-order valence-electron chi connectivity index (χ3n) is 4.70. The summed E-state index contributed by atoms with van der Waals surface area (Å²) >= 11 is 1.65. The predicted octanol–water partition coefficient (Wildman–Crippen LogP) is 7.68. The fourth-order valence-electron chi connectivity index (χ4n) is 3.06. The summed E-state index contributed by atoms with van der Waals surface area (Å²) in [4.78, 5) is 12.7. The van der Waals surface area contributed by atoms with Crippen LogP contribution >= 0.6 is 11.8 Å². The number of halogens is 3. The Morgan fingerprint density at radius 2 is 1.71 bits per heavy atom. The van der Waals surface area contributed by atoms with Gasteiger partial charge < -0.3 is 4.74 Å². The molecule has 0 bridgehead atoms. The molecule has 0 atom stereocenters. The maximum Gasteiger partial charge on any atom is 0.416 e. The number of benzene rings is 3. The molecule has 2 nitrogen and oxygen atoms in total. The van der Waals surface area contributed by atoms with Crippen LogP contribution in [0.5, 0.6) is 5.75 Å². The van der Waals surface area contributed by atoms with Crippen molar-refractivity contribution in [3.8, 4) is 16.9 Å². The maximum absolute atomic E-state index is 12.8. The van der Waals surface area contributed by atoms with Gasteiger partial charge in [-0.1, -0.05) is 43.3 Å². The van der Waals surface area contributed by atoms with E-state index in [0.717, 1.165) is 45.7 Å². The van der Waals surface area contributed by atoms with Crippen molar-refractivity contribution in [1.82, 2.24) is 0 Å². The maximum atomic E-state index is 12.8. The number of alkyl halides is 3. The summed E-state index contributed by atoms with van der Waals surface area (Å²) in [5, 5.41) is 0. The molecule has 0 fully saturated rings. The van der Waals surface area contributed by atoms with E-state index in [9.17, 15) is 18.0 Å². The van der Waals surface area contributed by atoms with Crippen molar-refractivity contribution in [1.29, 1.82) is 0 Å². The summed E-state index contributed by atoms with van der Waals surface area (Å²) in [6.45, 7) is 3.84. The van der Waals surface area contributed by atoms with Crippen LogP contribution in [0.2, 0.25) is 0 Å². The molecule has 162 valence electrons. The molecule has 0 saturated heterocycles. The summed E-state index contributed by atoms with van der Waals surface area (Å²) in [6.07, 6.45) is -3.19. The second-order valence-corrected chi connectivity index (χ2v) is 8.26. The lowest BCUT2D eigenvalue weighted by Crippen LogP contribution is -2.07. The first-order chi connectivity index (χ1) is 14.8. The van der Waals surface area contributed by atoms with Gasteiger partial charge in [0.25, 0.3) is 0 Å². The van der Waals surface area contributed by atoms with Crippen LogP contribution < -0.4 is 4.74 Å². The van der Waals surface area contributed by atoms with E-state index < -0.39 is 11.7 Å². The van der Waals surface area contributed by atoms with E-state index in [1.165, 1.54) is 12.1 Å². The Balaban J connectivity index is 1.66. The van der Waals surface area contributed by atoms with Gasteiger partial charge in [-0.2, -0.15) is 13.2 Å². The number of ether oxygens (including phenoxy) is 1. The molecule has 0 aromatic heterocycles. The Morgan fingerprint density at radius 1 is 0.968 bits per heavy atom. The van der Waals surface area contributed by atoms with Crippen LogP contribution in [0.4, 0.5) is 13.2 Å². The quantitative estimate of drug-likeness (QED) is 0.212. The molecule has 3 aromatic rings. The molecule has 0 aliphatic heterocycles. The van der Waals surface area contributed by atoms with Gasteiger partial charge in [-0.25, -0.2) is 0 Å². The average Bonchev–Trinajstić information content (AvgIpc) is 2.74. The Labute approximate surface area is 184 Å². The Kier molecular flexibility index (Phi) is 7.44. The van der Waals surface area contributed by atoms with Gasteiger partial charge >= 0.3 is 12.1 Å². The summed E-state index contributed by atoms with van der Waals surface area (Å²) < 4.78 is 43.7. The minimum atomic E-state index is -4.33. The summed E-state index contributed by atoms with van der Waals surface area (Å²) in [5.41, 5.74) is 2.93. The van der Waals surface area contributed by atoms with E-state index in [4.69, 9.17) is 4.74 Å². The predicted molar refractivity (Wildman–Crippen MR) is 118 cm³/mol. The lowest BCUT2D eigenvalue weighted by atomic mass is 10.0. The van der Waals surface area contributed by atoms with E-state index in [1.54, 1.807) is 11.8 Å². The van der Waals surface area contributed by atoms with Gasteiger partial charge in [0.2, 0.25) is 0 Å². The van der Waals surface area contributed by atoms with Gasteiger partial charge in [-0.05, 0) is 65.9 Å². The van der Waals surface area contributed by atoms with Crippen molar-refractivity contribution >= 4 is 17.7 Å². The molecule has 0 heterocycles. The molecule has 0 unspecified atom stereocenters. The number of aryl methyl sites for hydroxylation is 1. The molecule has 0 N–H and O–H groups in total. The van der Waals surface area contributed by atoms with Crippen LogP contribution in [0.15, 0.2) is 71.6 Å². The Hall–Kier alpha value is -2.73. The van der Waals surface area contributed by atoms with Crippen molar-refractivity contribution in [2.24, 2.45) is 0 Å². The van der Waals surface area contributed by atoms with E-state index in [2.05, 4.69) is 0 Å². The lowest BCUT2D eigenvalue weighted by molar-refractivity contribution is -0.137. The van der Waals surface area contributed by atoms with Crippen molar-refractivity contribution < 1.29 is 22.7 Å². The standard InChI is InChI=1S/C25H23F3O2S/c1-3-5-24(29)30-23-13-12-22(14-17(23)2)31-16-18-6-4-7-20(15-18)19-8-10-21(11-9-19)25(26,27)28/h4,6-15H,3,5,16H2,1-2H3. The van der Waals surface area contributed by atoms with Crippen molar-refractivity contribution in [3.63, 3.8) is 0 Å². The normalized spacial score (nSPS) is 11.4. The zero-order chi connectivity index (χ0) is 22.4. The highest BCUT2D eigenvalue weighted by Crippen LogP contribution is 2.32. The van der Waals surface area contributed by atoms with Gasteiger partial charge in [0.15, 0.2) is 0 Å². The van der Waals surface area contributed by atoms with E-state index in [1.807, 2.05) is 56.3 Å². The highest BCUT2D eigenvalue weighted by molar-refractivity contribution is 7.98. The van der Waals surface area contributed by atoms with Crippen molar-refractivity contribution in [2.45, 2.75) is 43.5 Å². The molecule has 0 amide bonds. The molecule has 0 spiro atoms. The number of esters is 1. The number of rotatable bonds is 7. The molecule has 0 aliphatic rings. The zero-order valence-corrected chi connectivity index (χ0v) is 18.1. The third-order valence-corrected chi connectivity index (χ3v) is 5.77. The first kappa shape index (κ1) is 22.9. The number of carbonyl (C=O) groups excluding carboxylic acids is 1. The third kappa shape index (κ3) is 6.37. The molecule has 31 heavy (non-hydrogen) atoms. The minimum Gasteiger partial charge on any atom is -0.426 e. The molecular formula is C25H23F3O2S. The van der Waals surface area contributed by atoms with Crippen LogP contribution in [-0.4, -0.2) is 5.97 Å². The van der Waals surface area contributed by atoms with Crippen LogP contribution in [0.1, 0.15) is 36.5 Å². The summed E-state index contributed by atoms with van der Waals surface area (Å²) in [6, 6.07) is 18.7. The van der Waals surface area contributed by atoms with E-state index in [-0.39, 0.29) is 5.97 Å². The number of hydrogen-bond donors (Lipinski definition) is 0. The number of thioether (sulfide) groups is 1. The van der Waals surface area contributed by atoms with E-state index >= 15 is 0 Å². The van der Waals surface area contributed by atoms with E-state index in [0.29, 0.717) is 17.9 Å². The first-order valence-corrected chi connectivity index (χ1v) is 11.0. The van der Waals surface area contributed by atoms with Crippen molar-refractivity contribution in [3.05, 3.63) is 83.4 Å². The Bertz CT molecular complexity index is 1040. The summed E-state index contributed by atoms with van der Waals surface area (Å²) in [5.74, 6) is 1.06. The fourth-order valence-corrected chi connectivity index (χ4v) is 4.00. The average molecular weight is 445 g/mol. The fraction of sp³-hybridized carbons (Fsp3) is 0.240. The molecular weight excluding hydrogens is 421 g/mol. The van der Waals surface area contributed by atoms with Crippen LogP contribution in [0.25, 0.3) is 11.1 Å². The van der Waals surface area contributed by atoms with Gasteiger partial charge in [0.1, 0.15) is 5.75 Å². The second kappa shape index (κ2) is 10.1. The van der Waals surface area contributed by atoms with Crippen LogP contribution in [-0.2, 0) is 16.7 Å². The monoisotopic (exact) mass is 444 g/mol. The van der Waals surface area contributed by atoms with Gasteiger partial charge in [0.05, 0.1) is 5.56 Å². The molecule has 6 heteroatoms. The second-order valence-electron chi connectivity index (χ2n) is 7.22. The largest absolute Gasteiger partial charge is 0.426 e. The molecule has 0 aliphatic carbocycles. The molecule has 3 rings (SSSR count). The number of hydrogen-bond acceptors (Lipinski definition) is 3. The topological polar surface area (TPSA) is 26.3 Å². The molecule has 0 radical (unpaired) electrons. The molecule has 3 aromatic carbocycles. The van der Waals surface area contributed by atoms with Gasteiger partial charge in [0, 0.05) is 17.1 Å². The smallest absolute Gasteiger partial charge is 0.416 e. The summed E-state index contributed by atoms with van der Waals surface area (Å²) in [7, 11) is 0. The van der Waals surface area contributed by atoms with Crippen LogP contribution in [0.3, 0.4) is 0 Å². The highest BCUT2D eigenvalue weighted by atomic mass is 32.2. The Morgan fingerprint density at radius 3 is 2.35 bits per heavy atom. The molecule has 0 saturated carbocycles. The van der Waals surface area contributed by atoms with Crippen molar-refractivity contribution in [2.75, 3.05) is 0 Å². The zero-order valence-electron chi connectivity index (χ0n) is 17.3. The SMILES string of the molecule is CCCC(=O)Oc1ccc(SCc2cccc(-c3ccc(C(F)(F)F)cc3)c2)cc1C.